The van der Waals surface area contributed by atoms with Gasteiger partial charge >= 0.3 is 0 Å². The standard InChI is InChI=1S/C18H30N4/c1-13-9-14(2)11-17(10-13)22-18(19-4)21-8-6-16-5-7-20-12-15(16)3/h5,7,12-14,17H,6,8-11H2,1-4H3,(H2,19,21,22). The lowest BCUT2D eigenvalue weighted by atomic mass is 9.80. The molecule has 2 rings (SSSR count). The summed E-state index contributed by atoms with van der Waals surface area (Å²) >= 11 is 0. The molecule has 122 valence electrons. The molecule has 1 saturated carbocycles. The van der Waals surface area contributed by atoms with E-state index in [2.05, 4.69) is 47.4 Å². The lowest BCUT2D eigenvalue weighted by Crippen LogP contribution is -2.46. The van der Waals surface area contributed by atoms with E-state index in [9.17, 15) is 0 Å². The Balaban J connectivity index is 1.79. The van der Waals surface area contributed by atoms with Gasteiger partial charge in [-0.2, -0.15) is 0 Å². The van der Waals surface area contributed by atoms with Crippen LogP contribution in [0, 0.1) is 18.8 Å². The lowest BCUT2D eigenvalue weighted by Gasteiger charge is -2.32. The molecule has 0 radical (unpaired) electrons. The summed E-state index contributed by atoms with van der Waals surface area (Å²) in [5.41, 5.74) is 2.60. The van der Waals surface area contributed by atoms with Gasteiger partial charge in [-0.05, 0) is 61.6 Å². The van der Waals surface area contributed by atoms with Crippen LogP contribution in [0.3, 0.4) is 0 Å². The van der Waals surface area contributed by atoms with E-state index in [1.807, 2.05) is 19.4 Å². The van der Waals surface area contributed by atoms with Crippen molar-refractivity contribution in [2.75, 3.05) is 13.6 Å². The number of hydrogen-bond acceptors (Lipinski definition) is 2. The fourth-order valence-corrected chi connectivity index (χ4v) is 3.55. The number of hydrogen-bond donors (Lipinski definition) is 2. The molecule has 2 N–H and O–H groups in total. The molecule has 4 heteroatoms. The molecule has 0 spiro atoms. The second kappa shape index (κ2) is 8.16. The summed E-state index contributed by atoms with van der Waals surface area (Å²) in [7, 11) is 1.85. The molecular formula is C18H30N4. The first-order valence-electron chi connectivity index (χ1n) is 8.45. The monoisotopic (exact) mass is 302 g/mol. The van der Waals surface area contributed by atoms with Crippen molar-refractivity contribution in [1.29, 1.82) is 0 Å². The van der Waals surface area contributed by atoms with Crippen LogP contribution in [0.1, 0.15) is 44.2 Å². The average molecular weight is 302 g/mol. The number of nitrogens with one attached hydrogen (secondary N) is 2. The highest BCUT2D eigenvalue weighted by molar-refractivity contribution is 5.79. The van der Waals surface area contributed by atoms with Crippen LogP contribution in [0.25, 0.3) is 0 Å². The van der Waals surface area contributed by atoms with Gasteiger partial charge in [-0.15, -0.1) is 0 Å². The van der Waals surface area contributed by atoms with Crippen molar-refractivity contribution >= 4 is 5.96 Å². The van der Waals surface area contributed by atoms with E-state index in [1.165, 1.54) is 30.4 Å². The van der Waals surface area contributed by atoms with Gasteiger partial charge in [0.2, 0.25) is 0 Å². The Labute approximate surface area is 134 Å². The smallest absolute Gasteiger partial charge is 0.191 e. The number of aromatic nitrogens is 1. The molecule has 22 heavy (non-hydrogen) atoms. The van der Waals surface area contributed by atoms with Crippen molar-refractivity contribution in [2.45, 2.75) is 52.5 Å². The number of aryl methyl sites for hydroxylation is 1. The SMILES string of the molecule is CN=C(NCCc1ccncc1C)NC1CC(C)CC(C)C1. The van der Waals surface area contributed by atoms with Crippen LogP contribution in [0.15, 0.2) is 23.5 Å². The molecule has 4 nitrogen and oxygen atoms in total. The van der Waals surface area contributed by atoms with Crippen LogP contribution in [0.4, 0.5) is 0 Å². The van der Waals surface area contributed by atoms with E-state index >= 15 is 0 Å². The first-order valence-corrected chi connectivity index (χ1v) is 8.45. The van der Waals surface area contributed by atoms with Crippen LogP contribution in [0.2, 0.25) is 0 Å². The van der Waals surface area contributed by atoms with Crippen molar-refractivity contribution < 1.29 is 0 Å². The second-order valence-corrected chi connectivity index (χ2v) is 6.81. The summed E-state index contributed by atoms with van der Waals surface area (Å²) in [6, 6.07) is 2.64. The first kappa shape index (κ1) is 16.8. The molecule has 2 unspecified atom stereocenters. The Bertz CT molecular complexity index is 488. The molecule has 2 atom stereocenters. The Hall–Kier alpha value is -1.58. The Morgan fingerprint density at radius 2 is 2.00 bits per heavy atom. The highest BCUT2D eigenvalue weighted by Gasteiger charge is 2.24. The molecule has 1 heterocycles. The predicted molar refractivity (Wildman–Crippen MR) is 93.1 cm³/mol. The molecule has 0 saturated heterocycles. The van der Waals surface area contributed by atoms with E-state index in [-0.39, 0.29) is 0 Å². The Morgan fingerprint density at radius 1 is 1.27 bits per heavy atom. The van der Waals surface area contributed by atoms with Gasteiger partial charge in [0, 0.05) is 32.0 Å². The Morgan fingerprint density at radius 3 is 2.64 bits per heavy atom. The van der Waals surface area contributed by atoms with Gasteiger partial charge in [-0.1, -0.05) is 13.8 Å². The third-order valence-electron chi connectivity index (χ3n) is 4.57. The first-order chi connectivity index (χ1) is 10.6. The number of aliphatic imine (C=N–C) groups is 1. The average Bonchev–Trinajstić information content (AvgIpc) is 2.47. The minimum absolute atomic E-state index is 0.549. The zero-order chi connectivity index (χ0) is 15.9. The van der Waals surface area contributed by atoms with Crippen molar-refractivity contribution in [3.05, 3.63) is 29.6 Å². The quantitative estimate of drug-likeness (QED) is 0.664. The van der Waals surface area contributed by atoms with E-state index in [0.717, 1.165) is 30.8 Å². The lowest BCUT2D eigenvalue weighted by molar-refractivity contribution is 0.255. The van der Waals surface area contributed by atoms with E-state index in [0.29, 0.717) is 6.04 Å². The van der Waals surface area contributed by atoms with Gasteiger partial charge in [0.25, 0.3) is 0 Å². The van der Waals surface area contributed by atoms with Crippen LogP contribution in [0.5, 0.6) is 0 Å². The summed E-state index contributed by atoms with van der Waals surface area (Å²) in [6.45, 7) is 7.71. The second-order valence-electron chi connectivity index (χ2n) is 6.81. The van der Waals surface area contributed by atoms with Crippen LogP contribution in [-0.4, -0.2) is 30.6 Å². The molecule has 0 amide bonds. The maximum atomic E-state index is 4.37. The van der Waals surface area contributed by atoms with Crippen molar-refractivity contribution in [2.24, 2.45) is 16.8 Å². The molecule has 1 aromatic rings. The van der Waals surface area contributed by atoms with Gasteiger partial charge in [0.15, 0.2) is 5.96 Å². The van der Waals surface area contributed by atoms with Crippen molar-refractivity contribution in [3.63, 3.8) is 0 Å². The summed E-state index contributed by atoms with van der Waals surface area (Å²) in [5.74, 6) is 2.54. The van der Waals surface area contributed by atoms with Gasteiger partial charge < -0.3 is 10.6 Å². The van der Waals surface area contributed by atoms with E-state index < -0.39 is 0 Å². The number of rotatable bonds is 4. The summed E-state index contributed by atoms with van der Waals surface area (Å²) in [4.78, 5) is 8.51. The minimum atomic E-state index is 0.549. The maximum Gasteiger partial charge on any atom is 0.191 e. The molecule has 0 bridgehead atoms. The molecule has 1 aliphatic rings. The fraction of sp³-hybridized carbons (Fsp3) is 0.667. The number of guanidine groups is 1. The van der Waals surface area contributed by atoms with Crippen molar-refractivity contribution in [1.82, 2.24) is 15.6 Å². The van der Waals surface area contributed by atoms with Crippen LogP contribution in [-0.2, 0) is 6.42 Å². The third-order valence-corrected chi connectivity index (χ3v) is 4.57. The molecule has 0 aliphatic heterocycles. The largest absolute Gasteiger partial charge is 0.356 e. The van der Waals surface area contributed by atoms with Crippen LogP contribution < -0.4 is 10.6 Å². The van der Waals surface area contributed by atoms with Gasteiger partial charge in [0.05, 0.1) is 0 Å². The summed E-state index contributed by atoms with van der Waals surface area (Å²) < 4.78 is 0. The van der Waals surface area contributed by atoms with E-state index in [1.54, 1.807) is 0 Å². The highest BCUT2D eigenvalue weighted by atomic mass is 15.2. The van der Waals surface area contributed by atoms with E-state index in [4.69, 9.17) is 0 Å². The zero-order valence-electron chi connectivity index (χ0n) is 14.4. The normalized spacial score (nSPS) is 25.8. The fourth-order valence-electron chi connectivity index (χ4n) is 3.55. The molecule has 1 aliphatic carbocycles. The third kappa shape index (κ3) is 5.00. The predicted octanol–water partition coefficient (Wildman–Crippen LogP) is 2.92. The molecule has 1 fully saturated rings. The van der Waals surface area contributed by atoms with Crippen molar-refractivity contribution in [3.8, 4) is 0 Å². The minimum Gasteiger partial charge on any atom is -0.356 e. The maximum absolute atomic E-state index is 4.37. The van der Waals surface area contributed by atoms with Gasteiger partial charge in [-0.3, -0.25) is 9.98 Å². The highest BCUT2D eigenvalue weighted by Crippen LogP contribution is 2.28. The molecular weight excluding hydrogens is 272 g/mol. The summed E-state index contributed by atoms with van der Waals surface area (Å²) in [5, 5.41) is 7.03. The van der Waals surface area contributed by atoms with Gasteiger partial charge in [0.1, 0.15) is 0 Å². The topological polar surface area (TPSA) is 49.3 Å². The number of nitrogens with zero attached hydrogens (tertiary/aromatic N) is 2. The molecule has 0 aromatic carbocycles. The summed E-state index contributed by atoms with van der Waals surface area (Å²) in [6.07, 6.45) is 8.62. The van der Waals surface area contributed by atoms with Gasteiger partial charge in [-0.25, -0.2) is 0 Å². The van der Waals surface area contributed by atoms with Crippen LogP contribution >= 0.6 is 0 Å². The zero-order valence-corrected chi connectivity index (χ0v) is 14.4. The number of pyridine rings is 1. The molecule has 1 aromatic heterocycles. The Kier molecular flexibility index (Phi) is 6.22.